The minimum Gasteiger partial charge on any atom is -0.496 e. The Hall–Kier alpha value is -3.39. The number of anilines is 1. The van der Waals surface area contributed by atoms with Crippen molar-refractivity contribution in [3.05, 3.63) is 59.2 Å². The zero-order valence-corrected chi connectivity index (χ0v) is 23.8. The number of rotatable bonds is 8. The summed E-state index contributed by atoms with van der Waals surface area (Å²) in [6.07, 6.45) is 5.44. The quantitative estimate of drug-likeness (QED) is 0.498. The van der Waals surface area contributed by atoms with Crippen molar-refractivity contribution in [3.8, 4) is 5.75 Å². The first kappa shape index (κ1) is 30.2. The fraction of sp³-hybridized carbons (Fsp3) is 0.516. The summed E-state index contributed by atoms with van der Waals surface area (Å²) in [7, 11) is 1.55. The molecule has 8 heteroatoms. The van der Waals surface area contributed by atoms with Gasteiger partial charge < -0.3 is 19.6 Å². The molecule has 0 aromatic heterocycles. The van der Waals surface area contributed by atoms with E-state index in [2.05, 4.69) is 18.7 Å². The van der Waals surface area contributed by atoms with Crippen LogP contribution in [0.25, 0.3) is 0 Å². The van der Waals surface area contributed by atoms with E-state index in [1.54, 1.807) is 26.2 Å². The van der Waals surface area contributed by atoms with Crippen molar-refractivity contribution >= 4 is 23.5 Å². The number of hydrogen-bond donors (Lipinski definition) is 1. The van der Waals surface area contributed by atoms with Crippen LogP contribution in [0.15, 0.2) is 42.5 Å². The molecule has 0 spiro atoms. The van der Waals surface area contributed by atoms with Crippen LogP contribution in [-0.4, -0.2) is 66.0 Å². The number of para-hydroxylation sites is 1. The normalized spacial score (nSPS) is 15.2. The Kier molecular flexibility index (Phi) is 11.3. The summed E-state index contributed by atoms with van der Waals surface area (Å²) in [4.78, 5) is 43.7. The van der Waals surface area contributed by atoms with Gasteiger partial charge in [-0.25, -0.2) is 0 Å². The van der Waals surface area contributed by atoms with E-state index in [1.165, 1.54) is 4.90 Å². The Labute approximate surface area is 232 Å². The van der Waals surface area contributed by atoms with Gasteiger partial charge >= 0.3 is 5.97 Å². The Morgan fingerprint density at radius 1 is 1.00 bits per heavy atom. The fourth-order valence-corrected chi connectivity index (χ4v) is 5.27. The van der Waals surface area contributed by atoms with Crippen LogP contribution >= 0.6 is 0 Å². The van der Waals surface area contributed by atoms with E-state index in [0.717, 1.165) is 62.0 Å². The lowest BCUT2D eigenvalue weighted by Crippen LogP contribution is -2.36. The standard InChI is InChI=1S/C31H43N3O5/c1-23(2)19-32-16-10-6-5-7-11-17-34(24(3)35)28-15-14-25(18-27(28)20-32)31(38)33(22-30(36)37)21-26-12-8-9-13-29(26)39-4/h8-9,12-15,18,23H,5-7,10-11,16-17,19-22H2,1-4H3,(H,36,37). The molecule has 0 bridgehead atoms. The zero-order chi connectivity index (χ0) is 28.4. The molecule has 0 saturated carbocycles. The van der Waals surface area contributed by atoms with Gasteiger partial charge in [0.2, 0.25) is 5.91 Å². The smallest absolute Gasteiger partial charge is 0.323 e. The highest BCUT2D eigenvalue weighted by Crippen LogP contribution is 2.28. The van der Waals surface area contributed by atoms with Crippen molar-refractivity contribution in [3.63, 3.8) is 0 Å². The van der Waals surface area contributed by atoms with Gasteiger partial charge in [-0.1, -0.05) is 51.3 Å². The molecular formula is C31H43N3O5. The lowest BCUT2D eigenvalue weighted by atomic mass is 10.0. The van der Waals surface area contributed by atoms with Gasteiger partial charge in [0.1, 0.15) is 12.3 Å². The Morgan fingerprint density at radius 2 is 1.69 bits per heavy atom. The molecule has 1 aliphatic heterocycles. The summed E-state index contributed by atoms with van der Waals surface area (Å²) < 4.78 is 5.43. The Balaban J connectivity index is 2.02. The van der Waals surface area contributed by atoms with Gasteiger partial charge in [-0.05, 0) is 55.1 Å². The van der Waals surface area contributed by atoms with Gasteiger partial charge in [0.05, 0.1) is 13.7 Å². The van der Waals surface area contributed by atoms with E-state index in [1.807, 2.05) is 35.2 Å². The third kappa shape index (κ3) is 8.82. The van der Waals surface area contributed by atoms with E-state index in [4.69, 9.17) is 4.74 Å². The molecule has 1 heterocycles. The zero-order valence-electron chi connectivity index (χ0n) is 23.8. The maximum atomic E-state index is 13.7. The molecule has 3 rings (SSSR count). The number of carboxylic acid groups (broad SMARTS) is 1. The Bertz CT molecular complexity index is 1130. The number of carboxylic acids is 1. The third-order valence-electron chi connectivity index (χ3n) is 7.04. The highest BCUT2D eigenvalue weighted by atomic mass is 16.5. The Morgan fingerprint density at radius 3 is 2.36 bits per heavy atom. The molecule has 0 unspecified atom stereocenters. The molecular weight excluding hydrogens is 494 g/mol. The summed E-state index contributed by atoms with van der Waals surface area (Å²) in [5.41, 5.74) is 2.87. The minimum absolute atomic E-state index is 0.0218. The third-order valence-corrected chi connectivity index (χ3v) is 7.04. The summed E-state index contributed by atoms with van der Waals surface area (Å²) in [6.45, 7) is 8.76. The van der Waals surface area contributed by atoms with Gasteiger partial charge in [0.15, 0.2) is 0 Å². The fourth-order valence-electron chi connectivity index (χ4n) is 5.27. The number of benzene rings is 2. The molecule has 0 aliphatic carbocycles. The van der Waals surface area contributed by atoms with Crippen LogP contribution in [0.1, 0.15) is 74.4 Å². The van der Waals surface area contributed by atoms with Gasteiger partial charge in [0, 0.05) is 43.4 Å². The molecule has 1 N–H and O–H groups in total. The topological polar surface area (TPSA) is 90.4 Å². The van der Waals surface area contributed by atoms with E-state index in [9.17, 15) is 19.5 Å². The number of amides is 2. The maximum absolute atomic E-state index is 13.7. The first-order chi connectivity index (χ1) is 18.7. The molecule has 0 saturated heterocycles. The number of nitrogens with zero attached hydrogens (tertiary/aromatic N) is 3. The first-order valence-electron chi connectivity index (χ1n) is 14.0. The largest absolute Gasteiger partial charge is 0.496 e. The van der Waals surface area contributed by atoms with Crippen molar-refractivity contribution < 1.29 is 24.2 Å². The number of carbonyl (C=O) groups is 3. The van der Waals surface area contributed by atoms with Crippen LogP contribution in [0.3, 0.4) is 0 Å². The molecule has 2 aromatic rings. The van der Waals surface area contributed by atoms with Gasteiger partial charge in [0.25, 0.3) is 5.91 Å². The molecule has 1 aliphatic rings. The van der Waals surface area contributed by atoms with Crippen LogP contribution in [0.5, 0.6) is 5.75 Å². The van der Waals surface area contributed by atoms with E-state index in [-0.39, 0.29) is 18.4 Å². The van der Waals surface area contributed by atoms with Crippen molar-refractivity contribution in [2.45, 2.75) is 66.0 Å². The molecule has 0 atom stereocenters. The lowest BCUT2D eigenvalue weighted by molar-refractivity contribution is -0.137. The van der Waals surface area contributed by atoms with Gasteiger partial charge in [-0.15, -0.1) is 0 Å². The highest BCUT2D eigenvalue weighted by molar-refractivity contribution is 5.98. The minimum atomic E-state index is -1.09. The van der Waals surface area contributed by atoms with Crippen LogP contribution in [0, 0.1) is 5.92 Å². The monoisotopic (exact) mass is 537 g/mol. The second-order valence-corrected chi connectivity index (χ2v) is 10.8. The lowest BCUT2D eigenvalue weighted by Gasteiger charge is -2.30. The number of methoxy groups -OCH3 is 1. The van der Waals surface area contributed by atoms with Crippen LogP contribution in [0.2, 0.25) is 0 Å². The molecule has 0 radical (unpaired) electrons. The summed E-state index contributed by atoms with van der Waals surface area (Å²) in [5.74, 6) is -0.412. The van der Waals surface area contributed by atoms with Crippen LogP contribution in [0.4, 0.5) is 5.69 Å². The van der Waals surface area contributed by atoms with Crippen molar-refractivity contribution in [2.75, 3.05) is 38.2 Å². The molecule has 8 nitrogen and oxygen atoms in total. The number of ether oxygens (including phenoxy) is 1. The van der Waals surface area contributed by atoms with Crippen molar-refractivity contribution in [2.24, 2.45) is 5.92 Å². The average Bonchev–Trinajstić information content (AvgIpc) is 2.88. The molecule has 0 fully saturated rings. The second-order valence-electron chi connectivity index (χ2n) is 10.8. The van der Waals surface area contributed by atoms with Gasteiger partial charge in [-0.2, -0.15) is 0 Å². The van der Waals surface area contributed by atoms with Crippen LogP contribution in [-0.2, 0) is 22.7 Å². The van der Waals surface area contributed by atoms with E-state index < -0.39 is 12.5 Å². The van der Waals surface area contributed by atoms with E-state index >= 15 is 0 Å². The predicted octanol–water partition coefficient (Wildman–Crippen LogP) is 5.20. The number of aliphatic carboxylic acids is 1. The predicted molar refractivity (Wildman–Crippen MR) is 153 cm³/mol. The second kappa shape index (κ2) is 14.7. The number of fused-ring (bicyclic) bond motifs is 1. The number of carbonyl (C=O) groups excluding carboxylic acids is 2. The van der Waals surface area contributed by atoms with Crippen molar-refractivity contribution in [1.82, 2.24) is 9.80 Å². The van der Waals surface area contributed by atoms with Crippen molar-refractivity contribution in [1.29, 1.82) is 0 Å². The molecule has 2 aromatic carbocycles. The average molecular weight is 538 g/mol. The van der Waals surface area contributed by atoms with Crippen LogP contribution < -0.4 is 9.64 Å². The SMILES string of the molecule is COc1ccccc1CN(CC(=O)O)C(=O)c1ccc2c(c1)CN(CC(C)C)CCCCCCCN2C(C)=O. The molecule has 212 valence electrons. The summed E-state index contributed by atoms with van der Waals surface area (Å²) in [6, 6.07) is 12.7. The molecule has 39 heavy (non-hydrogen) atoms. The molecule has 2 amide bonds. The maximum Gasteiger partial charge on any atom is 0.323 e. The summed E-state index contributed by atoms with van der Waals surface area (Å²) in [5, 5.41) is 9.59. The summed E-state index contributed by atoms with van der Waals surface area (Å²) >= 11 is 0. The van der Waals surface area contributed by atoms with Gasteiger partial charge in [-0.3, -0.25) is 19.3 Å². The number of hydrogen-bond acceptors (Lipinski definition) is 5. The highest BCUT2D eigenvalue weighted by Gasteiger charge is 2.24. The first-order valence-corrected chi connectivity index (χ1v) is 14.0. The van der Waals surface area contributed by atoms with E-state index in [0.29, 0.717) is 30.3 Å².